The molecule has 0 bridgehead atoms. The number of ketones is 1. The molecule has 0 unspecified atom stereocenters. The van der Waals surface area contributed by atoms with Gasteiger partial charge in [0.2, 0.25) is 0 Å². The summed E-state index contributed by atoms with van der Waals surface area (Å²) in [6.45, 7) is 1.27. The van der Waals surface area contributed by atoms with Crippen LogP contribution < -0.4 is 0 Å². The quantitative estimate of drug-likeness (QED) is 0.470. The minimum Gasteiger partial charge on any atom is -0.291 e. The predicted octanol–water partition coefficient (Wildman–Crippen LogP) is 5.20. The van der Waals surface area contributed by atoms with E-state index in [1.165, 1.54) is 25.3 Å². The van der Waals surface area contributed by atoms with Gasteiger partial charge in [-0.25, -0.2) is 13.8 Å². The Labute approximate surface area is 160 Å². The Bertz CT molecular complexity index is 1100. The Morgan fingerprint density at radius 1 is 1.29 bits per heavy atom. The van der Waals surface area contributed by atoms with E-state index in [1.807, 2.05) is 0 Å². The van der Waals surface area contributed by atoms with Crippen molar-refractivity contribution in [3.63, 3.8) is 0 Å². The van der Waals surface area contributed by atoms with Gasteiger partial charge >= 0.3 is 6.18 Å². The van der Waals surface area contributed by atoms with Crippen LogP contribution in [-0.4, -0.2) is 21.0 Å². The molecule has 0 fully saturated rings. The van der Waals surface area contributed by atoms with Gasteiger partial charge in [0.15, 0.2) is 17.4 Å². The van der Waals surface area contributed by atoms with Gasteiger partial charge in [0.05, 0.1) is 11.2 Å². The second kappa shape index (κ2) is 7.31. The zero-order chi connectivity index (χ0) is 20.6. The molecule has 4 nitrogen and oxygen atoms in total. The van der Waals surface area contributed by atoms with E-state index in [-0.39, 0.29) is 21.7 Å². The van der Waals surface area contributed by atoms with Crippen molar-refractivity contribution in [3.8, 4) is 0 Å². The molecule has 3 aromatic rings. The third kappa shape index (κ3) is 3.75. The standard InChI is InChI=1S/C18H11ClF5N3O/c1-8-11(17(18(22,23)24)25-7-12(8)19)5-14(28)13(20)4-9-2-3-10-6-26-27-16(10)15(9)21/h2-4,6-7H,5H2,1H3,(H,26,27)/b13-4-. The lowest BCUT2D eigenvalue weighted by Gasteiger charge is -2.14. The Balaban J connectivity index is 1.95. The maximum absolute atomic E-state index is 14.3. The van der Waals surface area contributed by atoms with Gasteiger partial charge in [-0.2, -0.15) is 18.3 Å². The van der Waals surface area contributed by atoms with Crippen molar-refractivity contribution < 1.29 is 26.7 Å². The van der Waals surface area contributed by atoms with Gasteiger partial charge < -0.3 is 0 Å². The number of hydrogen-bond donors (Lipinski definition) is 1. The van der Waals surface area contributed by atoms with Gasteiger partial charge in [0.25, 0.3) is 0 Å². The number of alkyl halides is 3. The Hall–Kier alpha value is -2.81. The summed E-state index contributed by atoms with van der Waals surface area (Å²) in [5, 5.41) is 6.40. The number of halogens is 6. The first-order valence-electron chi connectivity index (χ1n) is 7.82. The first kappa shape index (κ1) is 19.9. The van der Waals surface area contributed by atoms with Crippen LogP contribution in [0.5, 0.6) is 0 Å². The molecule has 0 radical (unpaired) electrons. The van der Waals surface area contributed by atoms with Crippen molar-refractivity contribution in [2.45, 2.75) is 19.5 Å². The maximum Gasteiger partial charge on any atom is 0.433 e. The van der Waals surface area contributed by atoms with E-state index in [2.05, 4.69) is 15.2 Å². The lowest BCUT2D eigenvalue weighted by Crippen LogP contribution is -2.16. The highest BCUT2D eigenvalue weighted by atomic mass is 35.5. The van der Waals surface area contributed by atoms with Crippen LogP contribution in [0.1, 0.15) is 22.4 Å². The lowest BCUT2D eigenvalue weighted by molar-refractivity contribution is -0.141. The van der Waals surface area contributed by atoms with Gasteiger partial charge in [-0.05, 0) is 24.1 Å². The molecule has 10 heteroatoms. The molecule has 2 aromatic heterocycles. The molecule has 0 aliphatic rings. The fourth-order valence-corrected chi connectivity index (χ4v) is 2.81. The monoisotopic (exact) mass is 415 g/mol. The average molecular weight is 416 g/mol. The van der Waals surface area contributed by atoms with Gasteiger partial charge in [-0.3, -0.25) is 9.89 Å². The van der Waals surface area contributed by atoms with Crippen molar-refractivity contribution >= 4 is 34.4 Å². The summed E-state index contributed by atoms with van der Waals surface area (Å²) in [5.74, 6) is -3.50. The van der Waals surface area contributed by atoms with E-state index in [0.29, 0.717) is 11.5 Å². The number of nitrogens with zero attached hydrogens (tertiary/aromatic N) is 2. The fourth-order valence-electron chi connectivity index (χ4n) is 2.65. The normalized spacial score (nSPS) is 12.6. The number of hydrogen-bond acceptors (Lipinski definition) is 3. The number of nitrogens with one attached hydrogen (secondary N) is 1. The summed E-state index contributed by atoms with van der Waals surface area (Å²) >= 11 is 5.79. The minimum absolute atomic E-state index is 0.0169. The van der Waals surface area contributed by atoms with Gasteiger partial charge in [0.1, 0.15) is 11.2 Å². The third-order valence-electron chi connectivity index (χ3n) is 4.14. The number of aromatic amines is 1. The van der Waals surface area contributed by atoms with Crippen molar-refractivity contribution in [1.82, 2.24) is 15.2 Å². The summed E-state index contributed by atoms with van der Waals surface area (Å²) in [6.07, 6.45) is -2.97. The molecule has 0 saturated carbocycles. The van der Waals surface area contributed by atoms with E-state index >= 15 is 0 Å². The van der Waals surface area contributed by atoms with Gasteiger partial charge in [-0.15, -0.1) is 0 Å². The van der Waals surface area contributed by atoms with Crippen LogP contribution in [-0.2, 0) is 17.4 Å². The van der Waals surface area contributed by atoms with Crippen LogP contribution in [0.25, 0.3) is 17.0 Å². The van der Waals surface area contributed by atoms with E-state index in [4.69, 9.17) is 11.6 Å². The number of rotatable bonds is 4. The van der Waals surface area contributed by atoms with Crippen LogP contribution >= 0.6 is 11.6 Å². The van der Waals surface area contributed by atoms with Gasteiger partial charge in [0, 0.05) is 23.6 Å². The minimum atomic E-state index is -4.84. The van der Waals surface area contributed by atoms with E-state index in [0.717, 1.165) is 6.20 Å². The summed E-state index contributed by atoms with van der Waals surface area (Å²) in [6, 6.07) is 2.69. The van der Waals surface area contributed by atoms with Crippen molar-refractivity contribution in [2.24, 2.45) is 0 Å². The topological polar surface area (TPSA) is 58.6 Å². The van der Waals surface area contributed by atoms with Crippen LogP contribution in [0.4, 0.5) is 22.0 Å². The molecular weight excluding hydrogens is 405 g/mol. The van der Waals surface area contributed by atoms with Crippen LogP contribution in [0.2, 0.25) is 5.02 Å². The number of benzene rings is 1. The maximum atomic E-state index is 14.3. The molecule has 0 aliphatic heterocycles. The van der Waals surface area contributed by atoms with Crippen molar-refractivity contribution in [3.05, 3.63) is 63.6 Å². The molecule has 1 aromatic carbocycles. The highest BCUT2D eigenvalue weighted by molar-refractivity contribution is 6.31. The Kier molecular flexibility index (Phi) is 5.20. The molecule has 146 valence electrons. The van der Waals surface area contributed by atoms with E-state index in [1.54, 1.807) is 0 Å². The molecule has 28 heavy (non-hydrogen) atoms. The third-order valence-corrected chi connectivity index (χ3v) is 4.52. The molecule has 1 N–H and O–H groups in total. The summed E-state index contributed by atoms with van der Waals surface area (Å²) < 4.78 is 68.1. The Morgan fingerprint density at radius 3 is 2.68 bits per heavy atom. The van der Waals surface area contributed by atoms with Crippen LogP contribution in [0.3, 0.4) is 0 Å². The number of H-pyrrole nitrogens is 1. The van der Waals surface area contributed by atoms with Crippen LogP contribution in [0, 0.1) is 12.7 Å². The number of Topliss-reactive ketones (excluding diaryl/α,β-unsaturated/α-hetero) is 1. The molecule has 0 aliphatic carbocycles. The molecule has 0 spiro atoms. The second-order valence-electron chi connectivity index (χ2n) is 5.95. The lowest BCUT2D eigenvalue weighted by atomic mass is 10.00. The zero-order valence-corrected chi connectivity index (χ0v) is 14.9. The fraction of sp³-hybridized carbons (Fsp3) is 0.167. The molecule has 0 atom stereocenters. The number of carbonyl (C=O) groups is 1. The molecule has 3 rings (SSSR count). The molecule has 0 amide bonds. The molecule has 2 heterocycles. The Morgan fingerprint density at radius 2 is 2.00 bits per heavy atom. The number of aromatic nitrogens is 3. The van der Waals surface area contributed by atoms with Crippen LogP contribution in [0.15, 0.2) is 30.4 Å². The highest BCUT2D eigenvalue weighted by Crippen LogP contribution is 2.34. The predicted molar refractivity (Wildman–Crippen MR) is 92.8 cm³/mol. The van der Waals surface area contributed by atoms with E-state index in [9.17, 15) is 26.7 Å². The van der Waals surface area contributed by atoms with Crippen molar-refractivity contribution in [1.29, 1.82) is 0 Å². The SMILES string of the molecule is Cc1c(Cl)cnc(C(F)(F)F)c1CC(=O)/C(F)=C/c1ccc2cn[nH]c2c1F. The second-order valence-corrected chi connectivity index (χ2v) is 6.36. The van der Waals surface area contributed by atoms with E-state index < -0.39 is 41.3 Å². The first-order valence-corrected chi connectivity index (χ1v) is 8.20. The summed E-state index contributed by atoms with van der Waals surface area (Å²) in [7, 11) is 0. The van der Waals surface area contributed by atoms with Gasteiger partial charge in [-0.1, -0.05) is 23.7 Å². The molecule has 0 saturated heterocycles. The number of carbonyl (C=O) groups excluding carboxylic acids is 1. The van der Waals surface area contributed by atoms with Crippen molar-refractivity contribution in [2.75, 3.05) is 0 Å². The summed E-state index contributed by atoms with van der Waals surface area (Å²) in [4.78, 5) is 15.4. The average Bonchev–Trinajstić information content (AvgIpc) is 3.09. The number of allylic oxidation sites excluding steroid dienone is 1. The highest BCUT2D eigenvalue weighted by Gasteiger charge is 2.37. The zero-order valence-electron chi connectivity index (χ0n) is 14.2. The largest absolute Gasteiger partial charge is 0.433 e. The molecular formula is C18H11ClF5N3O. The summed E-state index contributed by atoms with van der Waals surface area (Å²) in [5.41, 5.74) is -2.11. The number of pyridine rings is 1. The number of fused-ring (bicyclic) bond motifs is 1. The smallest absolute Gasteiger partial charge is 0.291 e. The first-order chi connectivity index (χ1) is 13.1.